The molecule has 2 aromatic carbocycles. The maximum Gasteiger partial charge on any atom is 0.390 e. The summed E-state index contributed by atoms with van der Waals surface area (Å²) in [6, 6.07) is 8.70. The molecule has 1 aliphatic carbocycles. The fourth-order valence-corrected chi connectivity index (χ4v) is 4.32. The topological polar surface area (TPSA) is 135 Å². The Hall–Kier alpha value is -3.93. The number of nitrogens with zero attached hydrogens (tertiary/aromatic N) is 2. The number of rotatable bonds is 7. The Morgan fingerprint density at radius 1 is 1.23 bits per heavy atom. The van der Waals surface area contributed by atoms with Crippen molar-refractivity contribution in [3.8, 4) is 5.75 Å². The van der Waals surface area contributed by atoms with Gasteiger partial charge in [-0.3, -0.25) is 15.3 Å². The van der Waals surface area contributed by atoms with Crippen molar-refractivity contribution in [2.45, 2.75) is 45.7 Å². The van der Waals surface area contributed by atoms with Crippen molar-refractivity contribution in [1.82, 2.24) is 10.2 Å². The molecule has 2 aromatic rings. The van der Waals surface area contributed by atoms with Gasteiger partial charge in [0.15, 0.2) is 0 Å². The minimum absolute atomic E-state index is 0.0991. The predicted octanol–water partition coefficient (Wildman–Crippen LogP) is 5.30. The number of carbonyl (C=O) groups is 1. The predicted molar refractivity (Wildman–Crippen MR) is 144 cm³/mol. The van der Waals surface area contributed by atoms with E-state index in [9.17, 15) is 32.6 Å². The summed E-state index contributed by atoms with van der Waals surface area (Å²) in [4.78, 5) is 18.3. The van der Waals surface area contributed by atoms with Crippen molar-refractivity contribution in [2.75, 3.05) is 19.7 Å². The Morgan fingerprint density at radius 3 is 2.52 bits per heavy atom. The Morgan fingerprint density at radius 2 is 1.90 bits per heavy atom. The van der Waals surface area contributed by atoms with Crippen molar-refractivity contribution in [2.24, 2.45) is 16.1 Å². The number of urea groups is 1. The van der Waals surface area contributed by atoms with E-state index in [0.717, 1.165) is 0 Å². The number of amidine groups is 1. The van der Waals surface area contributed by atoms with Crippen LogP contribution in [-0.2, 0) is 0 Å². The van der Waals surface area contributed by atoms with E-state index in [0.29, 0.717) is 46.7 Å². The number of amides is 2. The van der Waals surface area contributed by atoms with Gasteiger partial charge in [0.25, 0.3) is 0 Å². The van der Waals surface area contributed by atoms with Gasteiger partial charge in [-0.05, 0) is 73.6 Å². The van der Waals surface area contributed by atoms with E-state index in [-0.39, 0.29) is 30.2 Å². The molecule has 0 aliphatic heterocycles. The molecule has 0 radical (unpaired) electrons. The highest BCUT2D eigenvalue weighted by molar-refractivity contribution is 6.06. The summed E-state index contributed by atoms with van der Waals surface area (Å²) in [5.74, 6) is -1.01. The van der Waals surface area contributed by atoms with Crippen molar-refractivity contribution >= 4 is 23.3 Å². The first-order valence-corrected chi connectivity index (χ1v) is 12.6. The fraction of sp³-hybridized carbons (Fsp3) is 0.393. The highest BCUT2D eigenvalue weighted by atomic mass is 19.4. The zero-order valence-corrected chi connectivity index (χ0v) is 22.3. The van der Waals surface area contributed by atoms with Gasteiger partial charge in [-0.15, -0.1) is 0 Å². The third kappa shape index (κ3) is 7.81. The lowest BCUT2D eigenvalue weighted by molar-refractivity contribution is -0.135. The minimum atomic E-state index is -4.56. The number of aromatic hydroxyl groups is 1. The van der Waals surface area contributed by atoms with Crippen LogP contribution in [0.3, 0.4) is 0 Å². The highest BCUT2D eigenvalue weighted by Gasteiger charge is 2.34. The molecule has 0 bridgehead atoms. The van der Waals surface area contributed by atoms with Crippen LogP contribution in [0.5, 0.6) is 5.75 Å². The van der Waals surface area contributed by atoms with Crippen LogP contribution < -0.4 is 11.1 Å². The molecule has 40 heavy (non-hydrogen) atoms. The number of nitrogens with two attached hydrogens (primary N) is 1. The second-order valence-corrected chi connectivity index (χ2v) is 10.2. The van der Waals surface area contributed by atoms with Gasteiger partial charge in [0.1, 0.15) is 17.4 Å². The number of carbonyl (C=O) groups excluding carboxylic acids is 1. The number of phenolic OH excluding ortho intramolecular Hbond substituents is 1. The first-order valence-electron chi connectivity index (χ1n) is 12.6. The molecule has 6 N–H and O–H groups in total. The monoisotopic (exact) mass is 563 g/mol. The van der Waals surface area contributed by atoms with E-state index in [1.54, 1.807) is 13.0 Å². The molecular weight excluding hydrogens is 530 g/mol. The number of alkyl halides is 3. The number of benzene rings is 2. The van der Waals surface area contributed by atoms with Crippen molar-refractivity contribution < 1.29 is 32.6 Å². The summed E-state index contributed by atoms with van der Waals surface area (Å²) in [6.45, 7) is 2.34. The number of halogens is 4. The summed E-state index contributed by atoms with van der Waals surface area (Å²) in [5.41, 5.74) is 8.08. The molecule has 12 heteroatoms. The first-order chi connectivity index (χ1) is 18.7. The lowest BCUT2D eigenvalue weighted by Crippen LogP contribution is -2.46. The van der Waals surface area contributed by atoms with E-state index < -0.39 is 42.2 Å². The zero-order chi connectivity index (χ0) is 29.7. The van der Waals surface area contributed by atoms with Gasteiger partial charge < -0.3 is 21.3 Å². The molecule has 2 amide bonds. The summed E-state index contributed by atoms with van der Waals surface area (Å²) in [6.07, 6.45) is -4.57. The molecular formula is C28H33F4N5O3. The highest BCUT2D eigenvalue weighted by Crippen LogP contribution is 2.38. The molecule has 1 fully saturated rings. The summed E-state index contributed by atoms with van der Waals surface area (Å²) in [7, 11) is 0. The van der Waals surface area contributed by atoms with E-state index in [2.05, 4.69) is 10.3 Å². The largest absolute Gasteiger partial charge is 0.508 e. The van der Waals surface area contributed by atoms with Gasteiger partial charge >= 0.3 is 12.2 Å². The van der Waals surface area contributed by atoms with Crippen LogP contribution in [0.15, 0.2) is 58.7 Å². The molecule has 3 rings (SSSR count). The van der Waals surface area contributed by atoms with Gasteiger partial charge in [0.2, 0.25) is 0 Å². The Balaban J connectivity index is 1.87. The number of aliphatic hydroxyl groups excluding tert-OH is 1. The molecule has 1 atom stereocenters. The second kappa shape index (κ2) is 12.5. The third-order valence-corrected chi connectivity index (χ3v) is 6.89. The smallest absolute Gasteiger partial charge is 0.390 e. The minimum Gasteiger partial charge on any atom is -0.508 e. The molecule has 1 unspecified atom stereocenters. The molecule has 8 nitrogen and oxygen atoms in total. The number of hydrogen-bond acceptors (Lipinski definition) is 6. The van der Waals surface area contributed by atoms with Gasteiger partial charge in [0, 0.05) is 35.7 Å². The van der Waals surface area contributed by atoms with Gasteiger partial charge in [-0.25, -0.2) is 9.18 Å². The lowest BCUT2D eigenvalue weighted by Gasteiger charge is -2.35. The Bertz CT molecular complexity index is 1310. The quantitative estimate of drug-likeness (QED) is 0.178. The van der Waals surface area contributed by atoms with Gasteiger partial charge in [-0.2, -0.15) is 13.2 Å². The molecule has 216 valence electrons. The fourth-order valence-electron chi connectivity index (χ4n) is 4.32. The zero-order valence-electron chi connectivity index (χ0n) is 22.3. The van der Waals surface area contributed by atoms with Crippen molar-refractivity contribution in [3.05, 3.63) is 70.7 Å². The average Bonchev–Trinajstić information content (AvgIpc) is 2.90. The number of hydrogen-bond donors (Lipinski definition) is 5. The third-order valence-electron chi connectivity index (χ3n) is 6.89. The van der Waals surface area contributed by atoms with E-state index in [1.165, 1.54) is 36.4 Å². The van der Waals surface area contributed by atoms with Gasteiger partial charge in [-0.1, -0.05) is 13.0 Å². The maximum absolute atomic E-state index is 14.1. The SMILES string of the molecule is Cc1c(F)cccc1N=C1CC(C)(CO)CC/C1=C(/N)CNC(=O)N(CCC(F)(F)F)C(=N)c1ccc(O)cc1. The van der Waals surface area contributed by atoms with E-state index >= 15 is 0 Å². The lowest BCUT2D eigenvalue weighted by atomic mass is 9.73. The van der Waals surface area contributed by atoms with Crippen molar-refractivity contribution in [1.29, 1.82) is 5.41 Å². The van der Waals surface area contributed by atoms with Crippen LogP contribution >= 0.6 is 0 Å². The number of aliphatic hydroxyl groups is 1. The van der Waals surface area contributed by atoms with E-state index in [1.807, 2.05) is 6.92 Å². The normalized spacial score (nSPS) is 19.8. The number of phenols is 1. The van der Waals surface area contributed by atoms with Gasteiger partial charge in [0.05, 0.1) is 18.7 Å². The Labute approximate surface area is 229 Å². The van der Waals surface area contributed by atoms with Crippen LogP contribution in [0.1, 0.15) is 43.7 Å². The maximum atomic E-state index is 14.1. The van der Waals surface area contributed by atoms with Crippen LogP contribution in [0.4, 0.5) is 28.0 Å². The second-order valence-electron chi connectivity index (χ2n) is 10.2. The Kier molecular flexibility index (Phi) is 9.56. The standard InChI is InChI=1S/C28H33F4N5O3/c1-17-21(29)4-3-5-23(17)36-24-14-27(2,16-38)11-10-20(24)22(33)15-35-26(40)37(13-12-28(30,31)32)25(34)18-6-8-19(39)9-7-18/h3-9,34,38-39H,10-16,33H2,1-2H3,(H,35,40)/b22-20-,34-25?,36-24?. The van der Waals surface area contributed by atoms with E-state index in [4.69, 9.17) is 11.1 Å². The molecule has 0 spiro atoms. The molecule has 0 aromatic heterocycles. The molecule has 1 saturated carbocycles. The van der Waals surface area contributed by atoms with Crippen LogP contribution in [0, 0.1) is 23.6 Å². The van der Waals surface area contributed by atoms with Crippen molar-refractivity contribution in [3.63, 3.8) is 0 Å². The molecule has 0 saturated heterocycles. The van der Waals surface area contributed by atoms with Crippen LogP contribution in [0.2, 0.25) is 0 Å². The number of nitrogens with one attached hydrogen (secondary N) is 2. The summed E-state index contributed by atoms with van der Waals surface area (Å²) < 4.78 is 53.1. The average molecular weight is 564 g/mol. The summed E-state index contributed by atoms with van der Waals surface area (Å²) in [5, 5.41) is 30.2. The number of aliphatic imine (C=N–C) groups is 1. The molecule has 1 aliphatic rings. The van der Waals surface area contributed by atoms with Crippen LogP contribution in [-0.4, -0.2) is 58.6 Å². The molecule has 0 heterocycles. The summed E-state index contributed by atoms with van der Waals surface area (Å²) >= 11 is 0. The first kappa shape index (κ1) is 30.6. The number of allylic oxidation sites excluding steroid dienone is 1. The van der Waals surface area contributed by atoms with Crippen LogP contribution in [0.25, 0.3) is 0 Å².